The highest BCUT2D eigenvalue weighted by atomic mass is 16.1. The van der Waals surface area contributed by atoms with Gasteiger partial charge in [0.05, 0.1) is 0 Å². The predicted octanol–water partition coefficient (Wildman–Crippen LogP) is 3.49. The summed E-state index contributed by atoms with van der Waals surface area (Å²) in [5.41, 5.74) is 0. The van der Waals surface area contributed by atoms with Gasteiger partial charge in [0.15, 0.2) is 0 Å². The first-order chi connectivity index (χ1) is 9.22. The van der Waals surface area contributed by atoms with Crippen LogP contribution in [0, 0.1) is 5.92 Å². The molecule has 1 atom stereocenters. The Morgan fingerprint density at radius 1 is 0.947 bits per heavy atom. The van der Waals surface area contributed by atoms with Gasteiger partial charge in [-0.25, -0.2) is 0 Å². The van der Waals surface area contributed by atoms with Crippen LogP contribution < -0.4 is 10.6 Å². The average Bonchev–Trinajstić information content (AvgIpc) is 2.42. The molecule has 114 valence electrons. The fraction of sp³-hybridized carbons (Fsp3) is 0.938. The van der Waals surface area contributed by atoms with E-state index in [-0.39, 0.29) is 11.8 Å². The minimum Gasteiger partial charge on any atom is -0.356 e. The molecule has 0 rings (SSSR count). The van der Waals surface area contributed by atoms with Gasteiger partial charge in [-0.15, -0.1) is 0 Å². The van der Waals surface area contributed by atoms with E-state index in [4.69, 9.17) is 0 Å². The fourth-order valence-electron chi connectivity index (χ4n) is 2.10. The monoisotopic (exact) mass is 270 g/mol. The SMILES string of the molecule is CCCCCCCCCCNC(=O)C(C)CNCC. The molecule has 1 amide bonds. The molecule has 0 spiro atoms. The second-order valence-electron chi connectivity index (χ2n) is 5.47. The first-order valence-corrected chi connectivity index (χ1v) is 8.20. The molecule has 3 nitrogen and oxygen atoms in total. The van der Waals surface area contributed by atoms with E-state index in [0.717, 1.165) is 26.1 Å². The lowest BCUT2D eigenvalue weighted by Crippen LogP contribution is -2.35. The van der Waals surface area contributed by atoms with Gasteiger partial charge in [0.25, 0.3) is 0 Å². The second kappa shape index (κ2) is 13.9. The van der Waals surface area contributed by atoms with E-state index in [1.165, 1.54) is 44.9 Å². The molecule has 19 heavy (non-hydrogen) atoms. The Bertz CT molecular complexity index is 207. The molecule has 0 aliphatic heterocycles. The van der Waals surface area contributed by atoms with Gasteiger partial charge < -0.3 is 10.6 Å². The Morgan fingerprint density at radius 3 is 2.11 bits per heavy atom. The Morgan fingerprint density at radius 2 is 1.53 bits per heavy atom. The molecule has 0 radical (unpaired) electrons. The van der Waals surface area contributed by atoms with Crippen LogP contribution in [-0.2, 0) is 4.79 Å². The largest absolute Gasteiger partial charge is 0.356 e. The zero-order chi connectivity index (χ0) is 14.3. The van der Waals surface area contributed by atoms with Gasteiger partial charge in [-0.2, -0.15) is 0 Å². The predicted molar refractivity (Wildman–Crippen MR) is 83.3 cm³/mol. The maximum atomic E-state index is 11.7. The van der Waals surface area contributed by atoms with Crippen molar-refractivity contribution in [1.29, 1.82) is 0 Å². The third kappa shape index (κ3) is 12.2. The summed E-state index contributed by atoms with van der Waals surface area (Å²) in [5, 5.41) is 6.23. The number of hydrogen-bond acceptors (Lipinski definition) is 2. The summed E-state index contributed by atoms with van der Waals surface area (Å²) in [6.07, 6.45) is 10.5. The van der Waals surface area contributed by atoms with Crippen molar-refractivity contribution in [3.8, 4) is 0 Å². The molecule has 0 saturated heterocycles. The first kappa shape index (κ1) is 18.4. The van der Waals surface area contributed by atoms with Crippen molar-refractivity contribution < 1.29 is 4.79 Å². The lowest BCUT2D eigenvalue weighted by molar-refractivity contribution is -0.124. The van der Waals surface area contributed by atoms with Gasteiger partial charge in [0, 0.05) is 19.0 Å². The van der Waals surface area contributed by atoms with Crippen molar-refractivity contribution in [3.63, 3.8) is 0 Å². The third-order valence-corrected chi connectivity index (χ3v) is 3.48. The third-order valence-electron chi connectivity index (χ3n) is 3.48. The molecule has 0 fully saturated rings. The minimum absolute atomic E-state index is 0.0778. The average molecular weight is 270 g/mol. The number of hydrogen-bond donors (Lipinski definition) is 2. The van der Waals surface area contributed by atoms with E-state index in [1.54, 1.807) is 0 Å². The Hall–Kier alpha value is -0.570. The summed E-state index contributed by atoms with van der Waals surface area (Å²) < 4.78 is 0. The zero-order valence-corrected chi connectivity index (χ0v) is 13.3. The molecule has 0 bridgehead atoms. The van der Waals surface area contributed by atoms with Crippen LogP contribution in [0.15, 0.2) is 0 Å². The number of carbonyl (C=O) groups excluding carboxylic acids is 1. The quantitative estimate of drug-likeness (QED) is 0.503. The topological polar surface area (TPSA) is 41.1 Å². The van der Waals surface area contributed by atoms with Crippen molar-refractivity contribution in [2.24, 2.45) is 5.92 Å². The Labute approximate surface area is 119 Å². The van der Waals surface area contributed by atoms with Crippen molar-refractivity contribution in [3.05, 3.63) is 0 Å². The summed E-state index contributed by atoms with van der Waals surface area (Å²) in [4.78, 5) is 11.7. The number of unbranched alkanes of at least 4 members (excludes halogenated alkanes) is 7. The summed E-state index contributed by atoms with van der Waals surface area (Å²) in [6, 6.07) is 0. The molecule has 2 N–H and O–H groups in total. The number of amides is 1. The van der Waals surface area contributed by atoms with Crippen molar-refractivity contribution in [2.45, 2.75) is 72.1 Å². The molecule has 0 aromatic heterocycles. The molecular formula is C16H34N2O. The van der Waals surface area contributed by atoms with E-state index < -0.39 is 0 Å². The van der Waals surface area contributed by atoms with E-state index in [2.05, 4.69) is 24.5 Å². The molecule has 0 aromatic rings. The van der Waals surface area contributed by atoms with E-state index in [0.29, 0.717) is 0 Å². The zero-order valence-electron chi connectivity index (χ0n) is 13.3. The molecule has 0 aliphatic carbocycles. The molecule has 0 aromatic carbocycles. The number of carbonyl (C=O) groups is 1. The highest BCUT2D eigenvalue weighted by molar-refractivity contribution is 5.78. The number of rotatable bonds is 13. The van der Waals surface area contributed by atoms with Crippen LogP contribution in [0.4, 0.5) is 0 Å². The fourth-order valence-corrected chi connectivity index (χ4v) is 2.10. The maximum absolute atomic E-state index is 11.7. The van der Waals surface area contributed by atoms with Crippen molar-refractivity contribution in [1.82, 2.24) is 10.6 Å². The molecule has 1 unspecified atom stereocenters. The van der Waals surface area contributed by atoms with Crippen LogP contribution in [0.1, 0.15) is 72.1 Å². The summed E-state index contributed by atoms with van der Waals surface area (Å²) in [6.45, 7) is 8.83. The van der Waals surface area contributed by atoms with Gasteiger partial charge in [-0.05, 0) is 13.0 Å². The first-order valence-electron chi connectivity index (χ1n) is 8.20. The molecular weight excluding hydrogens is 236 g/mol. The molecule has 0 aliphatic rings. The smallest absolute Gasteiger partial charge is 0.224 e. The molecule has 0 saturated carbocycles. The summed E-state index contributed by atoms with van der Waals surface area (Å²) in [5.74, 6) is 0.262. The highest BCUT2D eigenvalue weighted by Gasteiger charge is 2.10. The lowest BCUT2D eigenvalue weighted by atomic mass is 10.1. The number of nitrogens with one attached hydrogen (secondary N) is 2. The van der Waals surface area contributed by atoms with Gasteiger partial charge >= 0.3 is 0 Å². The Kier molecular flexibility index (Phi) is 13.4. The lowest BCUT2D eigenvalue weighted by Gasteiger charge is -2.12. The summed E-state index contributed by atoms with van der Waals surface area (Å²) in [7, 11) is 0. The van der Waals surface area contributed by atoms with Crippen LogP contribution in [0.2, 0.25) is 0 Å². The van der Waals surface area contributed by atoms with Crippen molar-refractivity contribution in [2.75, 3.05) is 19.6 Å². The normalized spacial score (nSPS) is 12.4. The second-order valence-corrected chi connectivity index (χ2v) is 5.47. The van der Waals surface area contributed by atoms with E-state index >= 15 is 0 Å². The van der Waals surface area contributed by atoms with Crippen LogP contribution >= 0.6 is 0 Å². The van der Waals surface area contributed by atoms with Gasteiger partial charge in [-0.1, -0.05) is 65.7 Å². The maximum Gasteiger partial charge on any atom is 0.224 e. The van der Waals surface area contributed by atoms with Crippen LogP contribution in [0.3, 0.4) is 0 Å². The summed E-state index contributed by atoms with van der Waals surface area (Å²) >= 11 is 0. The standard InChI is InChI=1S/C16H34N2O/c1-4-6-7-8-9-10-11-12-13-18-16(19)15(3)14-17-5-2/h15,17H,4-14H2,1-3H3,(H,18,19). The van der Waals surface area contributed by atoms with E-state index in [1.807, 2.05) is 6.92 Å². The van der Waals surface area contributed by atoms with Crippen molar-refractivity contribution >= 4 is 5.91 Å². The molecule has 3 heteroatoms. The van der Waals surface area contributed by atoms with Crippen LogP contribution in [0.25, 0.3) is 0 Å². The Balaban J connectivity index is 3.27. The van der Waals surface area contributed by atoms with Gasteiger partial charge in [0.2, 0.25) is 5.91 Å². The minimum atomic E-state index is 0.0778. The van der Waals surface area contributed by atoms with Crippen LogP contribution in [0.5, 0.6) is 0 Å². The highest BCUT2D eigenvalue weighted by Crippen LogP contribution is 2.07. The van der Waals surface area contributed by atoms with Gasteiger partial charge in [0.1, 0.15) is 0 Å². The molecule has 0 heterocycles. The van der Waals surface area contributed by atoms with E-state index in [9.17, 15) is 4.79 Å². The van der Waals surface area contributed by atoms with Crippen LogP contribution in [-0.4, -0.2) is 25.5 Å². The van der Waals surface area contributed by atoms with Gasteiger partial charge in [-0.3, -0.25) is 4.79 Å².